The van der Waals surface area contributed by atoms with Gasteiger partial charge in [0.1, 0.15) is 5.92 Å². The molecule has 2 saturated heterocycles. The Morgan fingerprint density at radius 1 is 1.32 bits per heavy atom. The fourth-order valence-corrected chi connectivity index (χ4v) is 3.77. The highest BCUT2D eigenvalue weighted by Crippen LogP contribution is 2.30. The molecule has 1 aromatic carbocycles. The first-order chi connectivity index (χ1) is 10.6. The molecule has 1 aromatic rings. The fourth-order valence-electron chi connectivity index (χ4n) is 3.38. The molecule has 5 nitrogen and oxygen atoms in total. The highest BCUT2D eigenvalue weighted by Gasteiger charge is 2.42. The second-order valence-electron chi connectivity index (χ2n) is 5.87. The Bertz CT molecular complexity index is 593. The third kappa shape index (κ3) is 2.77. The Morgan fingerprint density at radius 3 is 2.86 bits per heavy atom. The number of amides is 2. The van der Waals surface area contributed by atoms with E-state index in [0.717, 1.165) is 29.5 Å². The van der Waals surface area contributed by atoms with Crippen molar-refractivity contribution in [3.05, 3.63) is 28.7 Å². The topological polar surface area (TPSA) is 66.6 Å². The van der Waals surface area contributed by atoms with Crippen LogP contribution in [0, 0.1) is 5.92 Å². The van der Waals surface area contributed by atoms with Crippen molar-refractivity contribution in [2.45, 2.75) is 25.3 Å². The Hall–Kier alpha value is -1.40. The van der Waals surface area contributed by atoms with Crippen LogP contribution in [-0.2, 0) is 9.59 Å². The second-order valence-corrected chi connectivity index (χ2v) is 6.79. The number of carbonyl (C=O) groups excluding carboxylic acids is 2. The number of anilines is 1. The number of likely N-dealkylation sites (tertiary alicyclic amines) is 1. The molecule has 2 amide bonds. The van der Waals surface area contributed by atoms with Crippen LogP contribution in [0.15, 0.2) is 28.7 Å². The molecule has 22 heavy (non-hydrogen) atoms. The molecule has 2 aliphatic heterocycles. The van der Waals surface area contributed by atoms with E-state index in [1.165, 1.54) is 0 Å². The molecule has 0 bridgehead atoms. The predicted octanol–water partition coefficient (Wildman–Crippen LogP) is 1.75. The lowest BCUT2D eigenvalue weighted by Crippen LogP contribution is -2.45. The Morgan fingerprint density at radius 2 is 2.14 bits per heavy atom. The molecular formula is C16H20BrN3O2. The zero-order valence-electron chi connectivity index (χ0n) is 12.4. The van der Waals surface area contributed by atoms with Crippen molar-refractivity contribution in [1.29, 1.82) is 0 Å². The summed E-state index contributed by atoms with van der Waals surface area (Å²) >= 11 is 3.42. The van der Waals surface area contributed by atoms with Crippen LogP contribution in [0.2, 0.25) is 0 Å². The van der Waals surface area contributed by atoms with Gasteiger partial charge in [0, 0.05) is 35.8 Å². The first-order valence-corrected chi connectivity index (χ1v) is 8.48. The fraction of sp³-hybridized carbons (Fsp3) is 0.500. The number of carbonyl (C=O) groups is 2. The molecular weight excluding hydrogens is 346 g/mol. The van der Waals surface area contributed by atoms with E-state index in [1.54, 1.807) is 4.90 Å². The lowest BCUT2D eigenvalue weighted by molar-refractivity contribution is -0.140. The first-order valence-electron chi connectivity index (χ1n) is 7.69. The summed E-state index contributed by atoms with van der Waals surface area (Å²) in [4.78, 5) is 28.8. The number of hydrogen-bond acceptors (Lipinski definition) is 3. The van der Waals surface area contributed by atoms with Crippen LogP contribution in [-0.4, -0.2) is 42.4 Å². The Balaban J connectivity index is 1.75. The van der Waals surface area contributed by atoms with Crippen molar-refractivity contribution >= 4 is 33.4 Å². The maximum absolute atomic E-state index is 12.7. The highest BCUT2D eigenvalue weighted by molar-refractivity contribution is 9.10. The molecule has 2 atom stereocenters. The van der Waals surface area contributed by atoms with Gasteiger partial charge in [-0.25, -0.2) is 0 Å². The summed E-state index contributed by atoms with van der Waals surface area (Å²) in [6, 6.07) is 7.72. The van der Waals surface area contributed by atoms with Crippen LogP contribution in [0.5, 0.6) is 0 Å². The van der Waals surface area contributed by atoms with E-state index in [-0.39, 0.29) is 17.9 Å². The van der Waals surface area contributed by atoms with E-state index in [2.05, 4.69) is 15.9 Å². The van der Waals surface area contributed by atoms with Gasteiger partial charge in [0.25, 0.3) is 0 Å². The van der Waals surface area contributed by atoms with E-state index in [4.69, 9.17) is 5.73 Å². The molecule has 0 spiro atoms. The van der Waals surface area contributed by atoms with E-state index in [1.807, 2.05) is 29.2 Å². The molecule has 2 aliphatic rings. The van der Waals surface area contributed by atoms with Crippen molar-refractivity contribution in [2.24, 2.45) is 11.7 Å². The van der Waals surface area contributed by atoms with Gasteiger partial charge in [-0.3, -0.25) is 9.59 Å². The minimum atomic E-state index is -0.550. The van der Waals surface area contributed by atoms with Crippen molar-refractivity contribution in [1.82, 2.24) is 4.90 Å². The zero-order valence-corrected chi connectivity index (χ0v) is 14.0. The summed E-state index contributed by atoms with van der Waals surface area (Å²) in [5, 5.41) is 0. The quantitative estimate of drug-likeness (QED) is 0.829. The normalized spacial score (nSPS) is 25.1. The van der Waals surface area contributed by atoms with Crippen molar-refractivity contribution in [2.75, 3.05) is 24.5 Å². The van der Waals surface area contributed by atoms with Crippen molar-refractivity contribution in [3.63, 3.8) is 0 Å². The van der Waals surface area contributed by atoms with Crippen LogP contribution in [0.3, 0.4) is 0 Å². The van der Waals surface area contributed by atoms with Gasteiger partial charge in [0.2, 0.25) is 11.8 Å². The van der Waals surface area contributed by atoms with Gasteiger partial charge in [-0.15, -0.1) is 0 Å². The Kier molecular flexibility index (Phi) is 4.49. The van der Waals surface area contributed by atoms with E-state index >= 15 is 0 Å². The van der Waals surface area contributed by atoms with Crippen LogP contribution < -0.4 is 10.6 Å². The van der Waals surface area contributed by atoms with Gasteiger partial charge in [-0.2, -0.15) is 0 Å². The second kappa shape index (κ2) is 6.38. The monoisotopic (exact) mass is 365 g/mol. The van der Waals surface area contributed by atoms with Crippen LogP contribution in [0.4, 0.5) is 5.69 Å². The first kappa shape index (κ1) is 15.5. The summed E-state index contributed by atoms with van der Waals surface area (Å²) in [7, 11) is 0. The maximum atomic E-state index is 12.7. The summed E-state index contributed by atoms with van der Waals surface area (Å²) in [6.45, 7) is 1.79. The van der Waals surface area contributed by atoms with Gasteiger partial charge in [0.15, 0.2) is 0 Å². The molecule has 0 unspecified atom stereocenters. The van der Waals surface area contributed by atoms with Gasteiger partial charge in [-0.1, -0.05) is 22.0 Å². The number of halogens is 1. The summed E-state index contributed by atoms with van der Waals surface area (Å²) in [6.07, 6.45) is 2.50. The third-order valence-electron chi connectivity index (χ3n) is 4.56. The predicted molar refractivity (Wildman–Crippen MR) is 88.4 cm³/mol. The van der Waals surface area contributed by atoms with Crippen LogP contribution in [0.1, 0.15) is 19.3 Å². The largest absolute Gasteiger partial charge is 0.338 e. The van der Waals surface area contributed by atoms with Gasteiger partial charge in [0.05, 0.1) is 0 Å². The van der Waals surface area contributed by atoms with Gasteiger partial charge >= 0.3 is 0 Å². The number of rotatable bonds is 3. The van der Waals surface area contributed by atoms with E-state index < -0.39 is 5.92 Å². The third-order valence-corrected chi connectivity index (χ3v) is 5.05. The summed E-state index contributed by atoms with van der Waals surface area (Å²) < 4.78 is 0.926. The molecule has 2 N–H and O–H groups in total. The summed E-state index contributed by atoms with van der Waals surface area (Å²) in [5.74, 6) is -0.688. The minimum absolute atomic E-state index is 0.0459. The SMILES string of the molecule is NC[C@@H]1CCCN1C(=O)[C@H]1CCN(c2cccc(Br)c2)C1=O. The molecule has 3 rings (SSSR count). The van der Waals surface area contributed by atoms with Crippen LogP contribution in [0.25, 0.3) is 0 Å². The molecule has 118 valence electrons. The summed E-state index contributed by atoms with van der Waals surface area (Å²) in [5.41, 5.74) is 6.58. The van der Waals surface area contributed by atoms with Crippen molar-refractivity contribution < 1.29 is 9.59 Å². The zero-order chi connectivity index (χ0) is 15.7. The lowest BCUT2D eigenvalue weighted by atomic mass is 10.1. The van der Waals surface area contributed by atoms with E-state index in [9.17, 15) is 9.59 Å². The molecule has 2 heterocycles. The number of hydrogen-bond donors (Lipinski definition) is 1. The molecule has 0 saturated carbocycles. The molecule has 6 heteroatoms. The molecule has 2 fully saturated rings. The van der Waals surface area contributed by atoms with Gasteiger partial charge in [-0.05, 0) is 37.5 Å². The standard InChI is InChI=1S/C16H20BrN3O2/c17-11-3-1-4-12(9-11)20-8-6-14(16(20)22)15(21)19-7-2-5-13(19)10-18/h1,3-4,9,13-14H,2,5-8,10,18H2/t13-,14+/m0/s1. The average molecular weight is 366 g/mol. The molecule has 0 radical (unpaired) electrons. The van der Waals surface area contributed by atoms with Crippen LogP contribution >= 0.6 is 15.9 Å². The average Bonchev–Trinajstić information content (AvgIpc) is 3.12. The lowest BCUT2D eigenvalue weighted by Gasteiger charge is -2.26. The van der Waals surface area contributed by atoms with E-state index in [0.29, 0.717) is 19.5 Å². The van der Waals surface area contributed by atoms with Gasteiger partial charge < -0.3 is 15.5 Å². The molecule has 0 aromatic heterocycles. The highest BCUT2D eigenvalue weighted by atomic mass is 79.9. The maximum Gasteiger partial charge on any atom is 0.239 e. The molecule has 0 aliphatic carbocycles. The smallest absolute Gasteiger partial charge is 0.239 e. The van der Waals surface area contributed by atoms with Crippen molar-refractivity contribution in [3.8, 4) is 0 Å². The minimum Gasteiger partial charge on any atom is -0.338 e. The number of nitrogens with zero attached hydrogens (tertiary/aromatic N) is 2. The Labute approximate surface area is 138 Å². The number of nitrogens with two attached hydrogens (primary N) is 1. The number of benzene rings is 1.